The number of hydrogen-bond donors (Lipinski definition) is 2. The third kappa shape index (κ3) is 3.17. The van der Waals surface area contributed by atoms with Crippen molar-refractivity contribution in [1.82, 2.24) is 14.3 Å². The highest BCUT2D eigenvalue weighted by Gasteiger charge is 2.33. The predicted octanol–water partition coefficient (Wildman–Crippen LogP) is -0.706. The quantitative estimate of drug-likeness (QED) is 0.703. The van der Waals surface area contributed by atoms with Crippen LogP contribution in [0, 0.1) is 0 Å². The Labute approximate surface area is 103 Å². The average Bonchev–Trinajstić information content (AvgIpc) is 2.77. The lowest BCUT2D eigenvalue weighted by Gasteiger charge is -2.28. The molecule has 7 heteroatoms. The summed E-state index contributed by atoms with van der Waals surface area (Å²) in [5.41, 5.74) is 0. The topological polar surface area (TPSA) is 70.7 Å². The molecule has 0 saturated carbocycles. The number of ether oxygens (including phenoxy) is 1. The first-order valence-electron chi connectivity index (χ1n) is 6.14. The van der Waals surface area contributed by atoms with Crippen molar-refractivity contribution in [3.05, 3.63) is 0 Å². The third-order valence-electron chi connectivity index (χ3n) is 3.42. The van der Waals surface area contributed by atoms with E-state index in [-0.39, 0.29) is 12.1 Å². The second kappa shape index (κ2) is 5.62. The lowest BCUT2D eigenvalue weighted by atomic mass is 10.2. The van der Waals surface area contributed by atoms with Gasteiger partial charge in [-0.1, -0.05) is 6.42 Å². The molecule has 0 aromatic heterocycles. The second-order valence-electron chi connectivity index (χ2n) is 4.62. The van der Waals surface area contributed by atoms with Crippen molar-refractivity contribution in [1.29, 1.82) is 0 Å². The molecule has 17 heavy (non-hydrogen) atoms. The molecule has 2 fully saturated rings. The summed E-state index contributed by atoms with van der Waals surface area (Å²) < 4.78 is 33.8. The SMILES string of the molecule is CO[C@@H]1CNCC1NS(=O)(=O)N1CCCCC1. The van der Waals surface area contributed by atoms with E-state index in [4.69, 9.17) is 4.74 Å². The summed E-state index contributed by atoms with van der Waals surface area (Å²) in [6.45, 7) is 2.59. The highest BCUT2D eigenvalue weighted by atomic mass is 32.2. The molecule has 2 atom stereocenters. The number of nitrogens with one attached hydrogen (secondary N) is 2. The van der Waals surface area contributed by atoms with Crippen LogP contribution >= 0.6 is 0 Å². The molecule has 2 heterocycles. The lowest BCUT2D eigenvalue weighted by Crippen LogP contribution is -2.51. The standard InChI is InChI=1S/C10H21N3O3S/c1-16-10-8-11-7-9(10)12-17(14,15)13-5-3-2-4-6-13/h9-12H,2-8H2,1H3/t9?,10-/m1/s1. The molecule has 2 aliphatic rings. The molecule has 2 rings (SSSR count). The van der Waals surface area contributed by atoms with E-state index < -0.39 is 10.2 Å². The molecule has 0 aromatic carbocycles. The monoisotopic (exact) mass is 263 g/mol. The van der Waals surface area contributed by atoms with Crippen molar-refractivity contribution in [3.8, 4) is 0 Å². The maximum Gasteiger partial charge on any atom is 0.279 e. The minimum Gasteiger partial charge on any atom is -0.378 e. The number of rotatable bonds is 4. The maximum absolute atomic E-state index is 12.1. The van der Waals surface area contributed by atoms with Crippen LogP contribution in [0.3, 0.4) is 0 Å². The van der Waals surface area contributed by atoms with Crippen LogP contribution in [0.5, 0.6) is 0 Å². The van der Waals surface area contributed by atoms with Gasteiger partial charge in [0.05, 0.1) is 12.1 Å². The normalized spacial score (nSPS) is 31.8. The maximum atomic E-state index is 12.1. The Balaban J connectivity index is 1.96. The molecule has 2 N–H and O–H groups in total. The summed E-state index contributed by atoms with van der Waals surface area (Å²) in [6, 6.07) is -0.160. The van der Waals surface area contributed by atoms with Crippen LogP contribution in [-0.4, -0.2) is 58.2 Å². The zero-order valence-corrected chi connectivity index (χ0v) is 11.0. The van der Waals surface area contributed by atoms with Crippen LogP contribution in [0.2, 0.25) is 0 Å². The highest BCUT2D eigenvalue weighted by molar-refractivity contribution is 7.87. The third-order valence-corrected chi connectivity index (χ3v) is 5.06. The first-order chi connectivity index (χ1) is 8.13. The zero-order valence-electron chi connectivity index (χ0n) is 10.2. The van der Waals surface area contributed by atoms with E-state index in [1.54, 1.807) is 11.4 Å². The van der Waals surface area contributed by atoms with Gasteiger partial charge in [-0.05, 0) is 12.8 Å². The molecule has 0 aromatic rings. The fourth-order valence-corrected chi connectivity index (χ4v) is 3.90. The van der Waals surface area contributed by atoms with Crippen LogP contribution in [0.4, 0.5) is 0 Å². The molecule has 0 bridgehead atoms. The van der Waals surface area contributed by atoms with Gasteiger partial charge in [0.1, 0.15) is 0 Å². The van der Waals surface area contributed by atoms with Gasteiger partial charge in [-0.25, -0.2) is 0 Å². The van der Waals surface area contributed by atoms with Crippen molar-refractivity contribution < 1.29 is 13.2 Å². The van der Waals surface area contributed by atoms with Gasteiger partial charge < -0.3 is 10.1 Å². The van der Waals surface area contributed by atoms with Crippen molar-refractivity contribution in [2.75, 3.05) is 33.3 Å². The summed E-state index contributed by atoms with van der Waals surface area (Å²) in [4.78, 5) is 0. The van der Waals surface area contributed by atoms with Crippen LogP contribution in [-0.2, 0) is 14.9 Å². The molecule has 0 aliphatic carbocycles. The first kappa shape index (κ1) is 13.2. The van der Waals surface area contributed by atoms with Gasteiger partial charge in [0, 0.05) is 33.3 Å². The smallest absolute Gasteiger partial charge is 0.279 e. The van der Waals surface area contributed by atoms with Crippen molar-refractivity contribution >= 4 is 10.2 Å². The molecule has 1 unspecified atom stereocenters. The molecule has 0 radical (unpaired) electrons. The van der Waals surface area contributed by atoms with Crippen LogP contribution < -0.4 is 10.0 Å². The summed E-state index contributed by atoms with van der Waals surface area (Å²) in [5.74, 6) is 0. The second-order valence-corrected chi connectivity index (χ2v) is 6.32. The van der Waals surface area contributed by atoms with E-state index in [0.717, 1.165) is 19.3 Å². The van der Waals surface area contributed by atoms with Gasteiger partial charge >= 0.3 is 0 Å². The van der Waals surface area contributed by atoms with E-state index in [0.29, 0.717) is 26.2 Å². The Morgan fingerprint density at radius 3 is 2.59 bits per heavy atom. The minimum atomic E-state index is -3.35. The van der Waals surface area contributed by atoms with Crippen LogP contribution in [0.15, 0.2) is 0 Å². The van der Waals surface area contributed by atoms with E-state index in [2.05, 4.69) is 10.0 Å². The van der Waals surface area contributed by atoms with E-state index in [1.165, 1.54) is 0 Å². The Kier molecular flexibility index (Phi) is 4.37. The summed E-state index contributed by atoms with van der Waals surface area (Å²) >= 11 is 0. The van der Waals surface area contributed by atoms with Crippen molar-refractivity contribution in [3.63, 3.8) is 0 Å². The fourth-order valence-electron chi connectivity index (χ4n) is 2.39. The Bertz CT molecular complexity index is 341. The van der Waals surface area contributed by atoms with Crippen molar-refractivity contribution in [2.45, 2.75) is 31.4 Å². The molecule has 0 spiro atoms. The molecule has 100 valence electrons. The van der Waals surface area contributed by atoms with Crippen LogP contribution in [0.25, 0.3) is 0 Å². The minimum absolute atomic E-state index is 0.0745. The number of piperidine rings is 1. The molecule has 6 nitrogen and oxygen atoms in total. The summed E-state index contributed by atoms with van der Waals surface area (Å²) in [6.07, 6.45) is 2.96. The zero-order chi connectivity index (χ0) is 12.3. The van der Waals surface area contributed by atoms with Gasteiger partial charge in [0.15, 0.2) is 0 Å². The van der Waals surface area contributed by atoms with E-state index in [1.807, 2.05) is 0 Å². The molecular weight excluding hydrogens is 242 g/mol. The molecule has 2 aliphatic heterocycles. The largest absolute Gasteiger partial charge is 0.378 e. The van der Waals surface area contributed by atoms with Gasteiger partial charge in [-0.2, -0.15) is 17.4 Å². The summed E-state index contributed by atoms with van der Waals surface area (Å²) in [5, 5.41) is 3.13. The fraction of sp³-hybridized carbons (Fsp3) is 1.00. The van der Waals surface area contributed by atoms with Gasteiger partial charge in [-0.3, -0.25) is 0 Å². The molecule has 2 saturated heterocycles. The summed E-state index contributed by atoms with van der Waals surface area (Å²) in [7, 11) is -1.74. The van der Waals surface area contributed by atoms with Crippen LogP contribution in [0.1, 0.15) is 19.3 Å². The van der Waals surface area contributed by atoms with Gasteiger partial charge in [-0.15, -0.1) is 0 Å². The predicted molar refractivity (Wildman–Crippen MR) is 64.9 cm³/mol. The lowest BCUT2D eigenvalue weighted by molar-refractivity contribution is 0.102. The Morgan fingerprint density at radius 1 is 1.24 bits per heavy atom. The van der Waals surface area contributed by atoms with Gasteiger partial charge in [0.2, 0.25) is 0 Å². The Hall–Kier alpha value is -0.210. The molecule has 0 amide bonds. The van der Waals surface area contributed by atoms with E-state index >= 15 is 0 Å². The molecular formula is C10H21N3O3S. The van der Waals surface area contributed by atoms with E-state index in [9.17, 15) is 8.42 Å². The van der Waals surface area contributed by atoms with Crippen molar-refractivity contribution in [2.24, 2.45) is 0 Å². The number of methoxy groups -OCH3 is 1. The number of hydrogen-bond acceptors (Lipinski definition) is 4. The Morgan fingerprint density at radius 2 is 1.94 bits per heavy atom. The highest BCUT2D eigenvalue weighted by Crippen LogP contribution is 2.13. The van der Waals surface area contributed by atoms with Gasteiger partial charge in [0.25, 0.3) is 10.2 Å². The first-order valence-corrected chi connectivity index (χ1v) is 7.58. The number of nitrogens with zero attached hydrogens (tertiary/aromatic N) is 1. The average molecular weight is 263 g/mol.